The molecule has 1 heteroatoms. The number of hydrogen-bond donors (Lipinski definition) is 0. The van der Waals surface area contributed by atoms with E-state index < -0.39 is 0 Å². The van der Waals surface area contributed by atoms with Crippen molar-refractivity contribution in [2.45, 2.75) is 20.3 Å². The lowest BCUT2D eigenvalue weighted by atomic mass is 9.93. The molecule has 1 nitrogen and oxygen atoms in total. The molecule has 0 aliphatic rings. The van der Waals surface area contributed by atoms with E-state index in [9.17, 15) is 0 Å². The molecular formula is C10H15N. The molecule has 2 atom stereocenters. The minimum Gasteiger partial charge on any atom is -0.198 e. The van der Waals surface area contributed by atoms with Crippen LogP contribution in [0.25, 0.3) is 0 Å². The van der Waals surface area contributed by atoms with Crippen LogP contribution < -0.4 is 0 Å². The van der Waals surface area contributed by atoms with Crippen LogP contribution in [-0.2, 0) is 0 Å². The summed E-state index contributed by atoms with van der Waals surface area (Å²) in [6, 6.07) is 2.27. The van der Waals surface area contributed by atoms with Gasteiger partial charge in [-0.05, 0) is 12.3 Å². The van der Waals surface area contributed by atoms with Gasteiger partial charge in [-0.15, -0.1) is 0 Å². The molecule has 0 N–H and O–H groups in total. The van der Waals surface area contributed by atoms with Gasteiger partial charge >= 0.3 is 0 Å². The third kappa shape index (κ3) is 3.62. The highest BCUT2D eigenvalue weighted by Crippen LogP contribution is 2.15. The van der Waals surface area contributed by atoms with E-state index in [1.165, 1.54) is 0 Å². The monoisotopic (exact) mass is 149 g/mol. The van der Waals surface area contributed by atoms with Crippen LogP contribution in [0.3, 0.4) is 0 Å². The quantitative estimate of drug-likeness (QED) is 0.564. The first-order chi connectivity index (χ1) is 5.26. The molecule has 0 aliphatic heterocycles. The van der Waals surface area contributed by atoms with Gasteiger partial charge in [-0.2, -0.15) is 5.26 Å². The number of allylic oxidation sites excluding steroid dienone is 3. The maximum atomic E-state index is 8.69. The molecule has 0 radical (unpaired) electrons. The summed E-state index contributed by atoms with van der Waals surface area (Å²) in [5, 5.41) is 8.69. The fourth-order valence-electron chi connectivity index (χ4n) is 0.969. The summed E-state index contributed by atoms with van der Waals surface area (Å²) in [4.78, 5) is 0. The largest absolute Gasteiger partial charge is 0.198 e. The molecule has 0 aromatic heterocycles. The Morgan fingerprint density at radius 1 is 1.64 bits per heavy atom. The first-order valence-electron chi connectivity index (χ1n) is 3.95. The van der Waals surface area contributed by atoms with Crippen LogP contribution in [0.4, 0.5) is 0 Å². The van der Waals surface area contributed by atoms with Gasteiger partial charge in [0.25, 0.3) is 0 Å². The minimum atomic E-state index is 0.145. The van der Waals surface area contributed by atoms with Crippen LogP contribution in [0.2, 0.25) is 0 Å². The van der Waals surface area contributed by atoms with E-state index in [4.69, 9.17) is 5.26 Å². The van der Waals surface area contributed by atoms with Gasteiger partial charge in [-0.25, -0.2) is 0 Å². The molecule has 0 aliphatic carbocycles. The van der Waals surface area contributed by atoms with Gasteiger partial charge in [-0.1, -0.05) is 38.7 Å². The Kier molecular flexibility index (Phi) is 5.20. The van der Waals surface area contributed by atoms with Gasteiger partial charge in [-0.3, -0.25) is 0 Å². The predicted molar refractivity (Wildman–Crippen MR) is 47.9 cm³/mol. The van der Waals surface area contributed by atoms with Gasteiger partial charge in [0.2, 0.25) is 0 Å². The minimum absolute atomic E-state index is 0.145. The second-order valence-electron chi connectivity index (χ2n) is 2.62. The molecule has 60 valence electrons. The van der Waals surface area contributed by atoms with Crippen molar-refractivity contribution in [2.24, 2.45) is 11.8 Å². The fourth-order valence-corrected chi connectivity index (χ4v) is 0.969. The Labute approximate surface area is 69.0 Å². The molecule has 0 heterocycles. The molecule has 0 aromatic carbocycles. The summed E-state index contributed by atoms with van der Waals surface area (Å²) in [6.45, 7) is 7.66. The maximum Gasteiger partial charge on any atom is 0.0661 e. The summed E-state index contributed by atoms with van der Waals surface area (Å²) in [5.41, 5.74) is 0. The second-order valence-corrected chi connectivity index (χ2v) is 2.62. The van der Waals surface area contributed by atoms with E-state index in [-0.39, 0.29) is 5.92 Å². The van der Waals surface area contributed by atoms with Crippen LogP contribution in [-0.4, -0.2) is 0 Å². The molecule has 0 saturated heterocycles. The SMILES string of the molecule is C=C/C=C\C(C)C(C#N)CC. The summed E-state index contributed by atoms with van der Waals surface area (Å²) in [6.07, 6.45) is 6.56. The molecule has 2 unspecified atom stereocenters. The van der Waals surface area contributed by atoms with Crippen molar-refractivity contribution in [3.05, 3.63) is 24.8 Å². The van der Waals surface area contributed by atoms with Crippen molar-refractivity contribution in [1.82, 2.24) is 0 Å². The van der Waals surface area contributed by atoms with E-state index in [0.29, 0.717) is 5.92 Å². The van der Waals surface area contributed by atoms with Crippen molar-refractivity contribution in [3.63, 3.8) is 0 Å². The summed E-state index contributed by atoms with van der Waals surface area (Å²) in [5.74, 6) is 0.481. The Balaban J connectivity index is 4.00. The third-order valence-electron chi connectivity index (χ3n) is 1.79. The highest BCUT2D eigenvalue weighted by molar-refractivity contribution is 5.03. The van der Waals surface area contributed by atoms with E-state index in [0.717, 1.165) is 6.42 Å². The molecule has 0 rings (SSSR count). The van der Waals surface area contributed by atoms with Crippen LogP contribution in [0.1, 0.15) is 20.3 Å². The van der Waals surface area contributed by atoms with Crippen LogP contribution in [0.15, 0.2) is 24.8 Å². The van der Waals surface area contributed by atoms with E-state index in [1.807, 2.05) is 19.1 Å². The Morgan fingerprint density at radius 3 is 2.64 bits per heavy atom. The first-order valence-corrected chi connectivity index (χ1v) is 3.95. The average molecular weight is 149 g/mol. The van der Waals surface area contributed by atoms with Gasteiger partial charge in [0, 0.05) is 0 Å². The number of rotatable bonds is 4. The van der Waals surface area contributed by atoms with Gasteiger partial charge < -0.3 is 0 Å². The zero-order valence-electron chi connectivity index (χ0n) is 7.25. The molecule has 0 fully saturated rings. The fraction of sp³-hybridized carbons (Fsp3) is 0.500. The lowest BCUT2D eigenvalue weighted by molar-refractivity contribution is 0.508. The number of nitrogens with zero attached hydrogens (tertiary/aromatic N) is 1. The van der Waals surface area contributed by atoms with E-state index in [1.54, 1.807) is 6.08 Å². The molecule has 0 bridgehead atoms. The van der Waals surface area contributed by atoms with Gasteiger partial charge in [0.1, 0.15) is 0 Å². The molecule has 0 amide bonds. The summed E-state index contributed by atoms with van der Waals surface area (Å²) in [7, 11) is 0. The first kappa shape index (κ1) is 9.97. The third-order valence-corrected chi connectivity index (χ3v) is 1.79. The standard InChI is InChI=1S/C10H15N/c1-4-6-7-9(3)10(5-2)8-11/h4,6-7,9-10H,1,5H2,2-3H3/b7-6-. The van der Waals surface area contributed by atoms with E-state index in [2.05, 4.69) is 19.6 Å². The predicted octanol–water partition coefficient (Wildman–Crippen LogP) is 2.91. The molecule has 0 spiro atoms. The zero-order chi connectivity index (χ0) is 8.69. The van der Waals surface area contributed by atoms with Gasteiger partial charge in [0.05, 0.1) is 12.0 Å². The highest BCUT2D eigenvalue weighted by atomic mass is 14.3. The lowest BCUT2D eigenvalue weighted by Crippen LogP contribution is -2.04. The van der Waals surface area contributed by atoms with E-state index >= 15 is 0 Å². The van der Waals surface area contributed by atoms with Crippen molar-refractivity contribution < 1.29 is 0 Å². The summed E-state index contributed by atoms with van der Waals surface area (Å²) >= 11 is 0. The van der Waals surface area contributed by atoms with Crippen molar-refractivity contribution >= 4 is 0 Å². The number of nitriles is 1. The smallest absolute Gasteiger partial charge is 0.0661 e. The summed E-state index contributed by atoms with van der Waals surface area (Å²) < 4.78 is 0. The van der Waals surface area contributed by atoms with Crippen molar-refractivity contribution in [2.75, 3.05) is 0 Å². The molecule has 0 aromatic rings. The topological polar surface area (TPSA) is 23.8 Å². The second kappa shape index (κ2) is 5.73. The Morgan fingerprint density at radius 2 is 2.27 bits per heavy atom. The van der Waals surface area contributed by atoms with Crippen LogP contribution in [0, 0.1) is 23.2 Å². The Hall–Kier alpha value is -1.03. The van der Waals surface area contributed by atoms with Gasteiger partial charge in [0.15, 0.2) is 0 Å². The zero-order valence-corrected chi connectivity index (χ0v) is 7.25. The highest BCUT2D eigenvalue weighted by Gasteiger charge is 2.10. The van der Waals surface area contributed by atoms with Crippen LogP contribution >= 0.6 is 0 Å². The molecule has 0 saturated carbocycles. The maximum absolute atomic E-state index is 8.69. The normalized spacial score (nSPS) is 15.7. The van der Waals surface area contributed by atoms with Crippen LogP contribution in [0.5, 0.6) is 0 Å². The van der Waals surface area contributed by atoms with Crippen molar-refractivity contribution in [3.8, 4) is 6.07 Å². The number of hydrogen-bond acceptors (Lipinski definition) is 1. The molecular weight excluding hydrogens is 134 g/mol. The average Bonchev–Trinajstić information content (AvgIpc) is 2.03. The van der Waals surface area contributed by atoms with Crippen molar-refractivity contribution in [1.29, 1.82) is 5.26 Å². The Bertz CT molecular complexity index is 174. The molecule has 11 heavy (non-hydrogen) atoms. The lowest BCUT2D eigenvalue weighted by Gasteiger charge is -2.09.